The zero-order chi connectivity index (χ0) is 14.0. The van der Waals surface area contributed by atoms with Gasteiger partial charge in [-0.1, -0.05) is 18.2 Å². The molecular formula is C13H14N2O4. The fourth-order valence-corrected chi connectivity index (χ4v) is 1.58. The Morgan fingerprint density at radius 2 is 1.58 bits per heavy atom. The molecule has 0 amide bonds. The van der Waals surface area contributed by atoms with Crippen molar-refractivity contribution in [2.24, 2.45) is 5.10 Å². The predicted molar refractivity (Wildman–Crippen MR) is 68.5 cm³/mol. The van der Waals surface area contributed by atoms with Gasteiger partial charge in [-0.25, -0.2) is 9.59 Å². The van der Waals surface area contributed by atoms with Crippen molar-refractivity contribution < 1.29 is 19.1 Å². The Bertz CT molecular complexity index is 515. The molecular weight excluding hydrogens is 248 g/mol. The van der Waals surface area contributed by atoms with Crippen molar-refractivity contribution >= 4 is 23.3 Å². The van der Waals surface area contributed by atoms with Crippen LogP contribution in [0.25, 0.3) is 0 Å². The van der Waals surface area contributed by atoms with Gasteiger partial charge in [-0.15, -0.1) is 0 Å². The molecule has 19 heavy (non-hydrogen) atoms. The minimum Gasteiger partial charge on any atom is -0.418 e. The number of hydrogen-bond donors (Lipinski definition) is 0. The van der Waals surface area contributed by atoms with Gasteiger partial charge < -0.3 is 9.47 Å². The molecule has 1 aliphatic heterocycles. The lowest BCUT2D eigenvalue weighted by Gasteiger charge is -2.29. The van der Waals surface area contributed by atoms with Gasteiger partial charge in [-0.2, -0.15) is 5.10 Å². The molecule has 0 atom stereocenters. The summed E-state index contributed by atoms with van der Waals surface area (Å²) in [6.45, 7) is 2.97. The van der Waals surface area contributed by atoms with Crippen LogP contribution in [0.5, 0.6) is 0 Å². The van der Waals surface area contributed by atoms with Gasteiger partial charge in [-0.3, -0.25) is 5.01 Å². The van der Waals surface area contributed by atoms with Gasteiger partial charge in [0.2, 0.25) is 0 Å². The summed E-state index contributed by atoms with van der Waals surface area (Å²) in [5.41, 5.74) is 0.367. The van der Waals surface area contributed by atoms with Crippen LogP contribution in [0.2, 0.25) is 0 Å². The molecule has 0 radical (unpaired) electrons. The minimum absolute atomic E-state index is 0.370. The summed E-state index contributed by atoms with van der Waals surface area (Å²) in [6, 6.07) is 9.11. The van der Waals surface area contributed by atoms with Crippen LogP contribution in [-0.4, -0.2) is 30.5 Å². The zero-order valence-corrected chi connectivity index (χ0v) is 10.9. The lowest BCUT2D eigenvalue weighted by Crippen LogP contribution is -2.47. The van der Waals surface area contributed by atoms with E-state index in [1.165, 1.54) is 18.9 Å². The van der Waals surface area contributed by atoms with E-state index < -0.39 is 17.7 Å². The number of carbonyl (C=O) groups excluding carboxylic acids is 2. The number of rotatable bonds is 2. The van der Waals surface area contributed by atoms with Gasteiger partial charge in [0.15, 0.2) is 0 Å². The van der Waals surface area contributed by atoms with Crippen LogP contribution in [0.15, 0.2) is 35.4 Å². The summed E-state index contributed by atoms with van der Waals surface area (Å²) in [5, 5.41) is 5.35. The van der Waals surface area contributed by atoms with E-state index in [-0.39, 0.29) is 5.71 Å². The summed E-state index contributed by atoms with van der Waals surface area (Å²) in [6.07, 6.45) is 0. The van der Waals surface area contributed by atoms with Gasteiger partial charge >= 0.3 is 11.9 Å². The van der Waals surface area contributed by atoms with E-state index in [1.54, 1.807) is 19.2 Å². The molecule has 1 aliphatic rings. The number of nitrogens with zero attached hydrogens (tertiary/aromatic N) is 2. The summed E-state index contributed by atoms with van der Waals surface area (Å²) >= 11 is 0. The maximum atomic E-state index is 11.7. The summed E-state index contributed by atoms with van der Waals surface area (Å²) in [5.74, 6) is -2.83. The van der Waals surface area contributed by atoms with E-state index in [0.717, 1.165) is 5.69 Å². The van der Waals surface area contributed by atoms with Crippen LogP contribution in [0, 0.1) is 0 Å². The Balaban J connectivity index is 2.24. The lowest BCUT2D eigenvalue weighted by molar-refractivity contribution is -0.214. The number of ether oxygens (including phenoxy) is 2. The molecule has 0 N–H and O–H groups in total. The van der Waals surface area contributed by atoms with Crippen LogP contribution in [0.4, 0.5) is 5.69 Å². The number of para-hydroxylation sites is 1. The molecule has 100 valence electrons. The minimum atomic E-state index is -1.25. The highest BCUT2D eigenvalue weighted by Gasteiger charge is 2.40. The van der Waals surface area contributed by atoms with E-state index in [0.29, 0.717) is 0 Å². The van der Waals surface area contributed by atoms with Crippen molar-refractivity contribution in [3.63, 3.8) is 0 Å². The number of hydrazone groups is 1. The molecule has 1 fully saturated rings. The molecule has 0 spiro atoms. The molecule has 1 heterocycles. The highest BCUT2D eigenvalue weighted by molar-refractivity contribution is 6.63. The second-order valence-electron chi connectivity index (χ2n) is 4.49. The van der Waals surface area contributed by atoms with E-state index in [2.05, 4.69) is 5.10 Å². The van der Waals surface area contributed by atoms with Crippen LogP contribution >= 0.6 is 0 Å². The summed E-state index contributed by atoms with van der Waals surface area (Å²) in [7, 11) is 1.63. The fourth-order valence-electron chi connectivity index (χ4n) is 1.58. The SMILES string of the molecule is CN(N=C1C(=O)OC(C)(C)OC1=O)c1ccccc1. The molecule has 0 aromatic heterocycles. The monoisotopic (exact) mass is 262 g/mol. The number of esters is 2. The van der Waals surface area contributed by atoms with Gasteiger partial charge in [-0.05, 0) is 12.1 Å². The van der Waals surface area contributed by atoms with Crippen molar-refractivity contribution in [3.05, 3.63) is 30.3 Å². The number of benzene rings is 1. The van der Waals surface area contributed by atoms with Crippen molar-refractivity contribution in [2.75, 3.05) is 12.1 Å². The summed E-state index contributed by atoms with van der Waals surface area (Å²) in [4.78, 5) is 23.4. The zero-order valence-electron chi connectivity index (χ0n) is 10.9. The molecule has 1 aromatic rings. The van der Waals surface area contributed by atoms with E-state index in [4.69, 9.17) is 9.47 Å². The maximum absolute atomic E-state index is 11.7. The average Bonchev–Trinajstić information content (AvgIpc) is 2.33. The Kier molecular flexibility index (Phi) is 3.25. The normalized spacial score (nSPS) is 17.5. The third-order valence-corrected chi connectivity index (χ3v) is 2.44. The molecule has 6 heteroatoms. The van der Waals surface area contributed by atoms with E-state index in [1.807, 2.05) is 18.2 Å². The molecule has 1 saturated heterocycles. The maximum Gasteiger partial charge on any atom is 0.369 e. The Hall–Kier alpha value is -2.37. The average molecular weight is 262 g/mol. The van der Waals surface area contributed by atoms with Gasteiger partial charge in [0.05, 0.1) is 5.69 Å². The molecule has 1 aromatic carbocycles. The number of anilines is 1. The molecule has 0 unspecified atom stereocenters. The Morgan fingerprint density at radius 3 is 2.11 bits per heavy atom. The first-order valence-electron chi connectivity index (χ1n) is 5.73. The largest absolute Gasteiger partial charge is 0.418 e. The number of hydrogen-bond acceptors (Lipinski definition) is 6. The van der Waals surface area contributed by atoms with E-state index >= 15 is 0 Å². The van der Waals surface area contributed by atoms with Crippen molar-refractivity contribution in [3.8, 4) is 0 Å². The topological polar surface area (TPSA) is 68.2 Å². The third kappa shape index (κ3) is 2.90. The van der Waals surface area contributed by atoms with Crippen molar-refractivity contribution in [1.82, 2.24) is 0 Å². The standard InChI is InChI=1S/C13H14N2O4/c1-13(2)18-11(16)10(12(17)19-13)14-15(3)9-7-5-4-6-8-9/h4-8H,1-3H3. The van der Waals surface area contributed by atoms with Crippen LogP contribution in [-0.2, 0) is 19.1 Å². The first kappa shape index (κ1) is 13.1. The molecule has 6 nitrogen and oxygen atoms in total. The highest BCUT2D eigenvalue weighted by atomic mass is 16.7. The third-order valence-electron chi connectivity index (χ3n) is 2.44. The quantitative estimate of drug-likeness (QED) is 0.594. The smallest absolute Gasteiger partial charge is 0.369 e. The van der Waals surface area contributed by atoms with Crippen LogP contribution < -0.4 is 5.01 Å². The first-order valence-corrected chi connectivity index (χ1v) is 5.73. The predicted octanol–water partition coefficient (Wildman–Crippen LogP) is 1.31. The molecule has 2 rings (SSSR count). The summed E-state index contributed by atoms with van der Waals surface area (Å²) < 4.78 is 9.91. The van der Waals surface area contributed by atoms with Crippen molar-refractivity contribution in [2.45, 2.75) is 19.6 Å². The second-order valence-corrected chi connectivity index (χ2v) is 4.49. The van der Waals surface area contributed by atoms with Crippen LogP contribution in [0.1, 0.15) is 13.8 Å². The molecule has 0 aliphatic carbocycles. The highest BCUT2D eigenvalue weighted by Crippen LogP contribution is 2.19. The Morgan fingerprint density at radius 1 is 1.05 bits per heavy atom. The lowest BCUT2D eigenvalue weighted by atomic mass is 10.3. The van der Waals surface area contributed by atoms with Gasteiger partial charge in [0, 0.05) is 20.9 Å². The second kappa shape index (κ2) is 4.72. The fraction of sp³-hybridized carbons (Fsp3) is 0.308. The van der Waals surface area contributed by atoms with Gasteiger partial charge in [0.25, 0.3) is 11.5 Å². The molecule has 0 bridgehead atoms. The number of carbonyl (C=O) groups is 2. The first-order chi connectivity index (χ1) is 8.89. The van der Waals surface area contributed by atoms with Gasteiger partial charge in [0.1, 0.15) is 0 Å². The van der Waals surface area contributed by atoms with E-state index in [9.17, 15) is 9.59 Å². The molecule has 0 saturated carbocycles. The Labute approximate surface area is 110 Å². The van der Waals surface area contributed by atoms with Crippen molar-refractivity contribution in [1.29, 1.82) is 0 Å². The van der Waals surface area contributed by atoms with Crippen LogP contribution in [0.3, 0.4) is 0 Å². The number of cyclic esters (lactones) is 2.